The number of carboxylic acids is 1. The van der Waals surface area contributed by atoms with Crippen molar-refractivity contribution >= 4 is 24.1 Å². The van der Waals surface area contributed by atoms with E-state index in [0.717, 1.165) is 5.56 Å². The van der Waals surface area contributed by atoms with Gasteiger partial charge in [-0.1, -0.05) is 44.2 Å². The van der Waals surface area contributed by atoms with Gasteiger partial charge < -0.3 is 35.3 Å². The van der Waals surface area contributed by atoms with Crippen molar-refractivity contribution in [2.75, 3.05) is 26.3 Å². The van der Waals surface area contributed by atoms with E-state index >= 15 is 0 Å². The van der Waals surface area contributed by atoms with E-state index in [1.807, 2.05) is 19.9 Å². The lowest BCUT2D eigenvalue weighted by Crippen LogP contribution is -2.48. The van der Waals surface area contributed by atoms with E-state index in [9.17, 15) is 19.2 Å². The Morgan fingerprint density at radius 3 is 2.09 bits per heavy atom. The molecule has 0 unspecified atom stereocenters. The van der Waals surface area contributed by atoms with Gasteiger partial charge in [0.05, 0.1) is 19.6 Å². The first kappa shape index (κ1) is 30.7. The fourth-order valence-corrected chi connectivity index (χ4v) is 2.30. The highest BCUT2D eigenvalue weighted by molar-refractivity contribution is 5.89. The molecule has 0 saturated heterocycles. The third-order valence-corrected chi connectivity index (χ3v) is 3.66. The monoisotopic (exact) mass is 483 g/mol. The summed E-state index contributed by atoms with van der Waals surface area (Å²) in [4.78, 5) is 46.7. The molecule has 3 amide bonds. The maximum absolute atomic E-state index is 12.2. The summed E-state index contributed by atoms with van der Waals surface area (Å²) in [5.74, 6) is -1.93. The van der Waals surface area contributed by atoms with E-state index in [0.29, 0.717) is 0 Å². The Kier molecular flexibility index (Phi) is 15.5. The first-order valence-corrected chi connectivity index (χ1v) is 11.1. The number of hydrogen-bond donors (Lipinski definition) is 4. The van der Waals surface area contributed by atoms with Gasteiger partial charge in [-0.2, -0.15) is 0 Å². The second-order valence-electron chi connectivity index (χ2n) is 7.69. The van der Waals surface area contributed by atoms with Gasteiger partial charge in [0.25, 0.3) is 0 Å². The molecule has 0 saturated carbocycles. The van der Waals surface area contributed by atoms with Crippen molar-refractivity contribution in [3.8, 4) is 0 Å². The Balaban J connectivity index is 0.00000529. The van der Waals surface area contributed by atoms with Gasteiger partial charge >= 0.3 is 18.2 Å². The van der Waals surface area contributed by atoms with Crippen LogP contribution in [0.3, 0.4) is 0 Å². The molecule has 0 heterocycles. The molecule has 192 valence electrons. The van der Waals surface area contributed by atoms with Crippen LogP contribution < -0.4 is 16.0 Å². The number of carbonyl (C=O) groups is 4. The van der Waals surface area contributed by atoms with Gasteiger partial charge in [-0.05, 0) is 26.3 Å². The molecule has 0 aliphatic rings. The normalized spacial score (nSPS) is 11.2. The number of rotatable bonds is 12. The second-order valence-corrected chi connectivity index (χ2v) is 7.69. The molecular formula is C23H37N3O8. The summed E-state index contributed by atoms with van der Waals surface area (Å²) in [5.41, 5.74) is 0.157. The fourth-order valence-electron chi connectivity index (χ4n) is 2.30. The van der Waals surface area contributed by atoms with Crippen molar-refractivity contribution in [1.29, 1.82) is 0 Å². The van der Waals surface area contributed by atoms with Crippen LogP contribution in [0.5, 0.6) is 0 Å². The molecular weight excluding hydrogens is 446 g/mol. The zero-order valence-electron chi connectivity index (χ0n) is 20.5. The van der Waals surface area contributed by atoms with Crippen LogP contribution in [-0.2, 0) is 30.4 Å². The van der Waals surface area contributed by atoms with Gasteiger partial charge in [0, 0.05) is 13.1 Å². The van der Waals surface area contributed by atoms with Crippen LogP contribution in [0.1, 0.15) is 46.6 Å². The third kappa shape index (κ3) is 16.3. The lowest BCUT2D eigenvalue weighted by atomic mass is 10.2. The lowest BCUT2D eigenvalue weighted by Gasteiger charge is -2.19. The summed E-state index contributed by atoms with van der Waals surface area (Å²) >= 11 is 0. The highest BCUT2D eigenvalue weighted by Crippen LogP contribution is 2.06. The Morgan fingerprint density at radius 1 is 0.941 bits per heavy atom. The summed E-state index contributed by atoms with van der Waals surface area (Å²) in [6.07, 6.45) is -2.07. The number of hydrogen-bond acceptors (Lipinski definition) is 7. The number of aliphatic carboxylic acids is 1. The SMILES string of the molecule is CC.CC(C)(C)OC(=O)NCCOCCNC(=O)[C@H](CC(=O)O)NC(=O)OCc1ccccc1. The predicted octanol–water partition coefficient (Wildman–Crippen LogP) is 2.44. The van der Waals surface area contributed by atoms with Crippen LogP contribution in [0.15, 0.2) is 30.3 Å². The van der Waals surface area contributed by atoms with E-state index in [1.54, 1.807) is 45.0 Å². The minimum atomic E-state index is -1.30. The van der Waals surface area contributed by atoms with Gasteiger partial charge in [0.15, 0.2) is 0 Å². The summed E-state index contributed by atoms with van der Waals surface area (Å²) < 4.78 is 15.4. The number of nitrogens with one attached hydrogen (secondary N) is 3. The first-order valence-electron chi connectivity index (χ1n) is 11.1. The van der Waals surface area contributed by atoms with Crippen molar-refractivity contribution < 1.29 is 38.5 Å². The van der Waals surface area contributed by atoms with Gasteiger partial charge in [-0.3, -0.25) is 9.59 Å². The largest absolute Gasteiger partial charge is 0.481 e. The molecule has 0 spiro atoms. The Hall–Kier alpha value is -3.34. The lowest BCUT2D eigenvalue weighted by molar-refractivity contribution is -0.139. The molecule has 0 fully saturated rings. The third-order valence-electron chi connectivity index (χ3n) is 3.66. The topological polar surface area (TPSA) is 152 Å². The first-order chi connectivity index (χ1) is 16.1. The average Bonchev–Trinajstić information content (AvgIpc) is 2.77. The summed E-state index contributed by atoms with van der Waals surface area (Å²) in [6, 6.07) is 7.61. The van der Waals surface area contributed by atoms with Gasteiger partial charge in [0.2, 0.25) is 5.91 Å². The minimum absolute atomic E-state index is 0.0146. The number of amides is 3. The van der Waals surface area contributed by atoms with Gasteiger partial charge in [0.1, 0.15) is 18.2 Å². The van der Waals surface area contributed by atoms with Crippen molar-refractivity contribution in [3.05, 3.63) is 35.9 Å². The molecule has 0 radical (unpaired) electrons. The summed E-state index contributed by atoms with van der Waals surface area (Å²) in [5, 5.41) is 16.3. The average molecular weight is 484 g/mol. The van der Waals surface area contributed by atoms with E-state index in [2.05, 4.69) is 16.0 Å². The number of carboxylic acid groups (broad SMARTS) is 1. The van der Waals surface area contributed by atoms with E-state index < -0.39 is 42.1 Å². The van der Waals surface area contributed by atoms with E-state index in [1.165, 1.54) is 0 Å². The van der Waals surface area contributed by atoms with Crippen LogP contribution in [-0.4, -0.2) is 67.1 Å². The molecule has 1 atom stereocenters. The second kappa shape index (κ2) is 17.2. The van der Waals surface area contributed by atoms with Crippen molar-refractivity contribution in [2.45, 2.75) is 59.3 Å². The molecule has 0 aromatic heterocycles. The number of alkyl carbamates (subject to hydrolysis) is 2. The molecule has 34 heavy (non-hydrogen) atoms. The Bertz CT molecular complexity index is 750. The number of ether oxygens (including phenoxy) is 3. The highest BCUT2D eigenvalue weighted by Gasteiger charge is 2.24. The van der Waals surface area contributed by atoms with Crippen molar-refractivity contribution in [1.82, 2.24) is 16.0 Å². The zero-order valence-corrected chi connectivity index (χ0v) is 20.5. The molecule has 4 N–H and O–H groups in total. The Labute approximate surface area is 200 Å². The summed E-state index contributed by atoms with van der Waals surface area (Å²) in [7, 11) is 0. The Morgan fingerprint density at radius 2 is 1.53 bits per heavy atom. The molecule has 11 nitrogen and oxygen atoms in total. The van der Waals surface area contributed by atoms with Crippen molar-refractivity contribution in [2.24, 2.45) is 0 Å². The molecule has 1 rings (SSSR count). The molecule has 0 aliphatic carbocycles. The zero-order chi connectivity index (χ0) is 26.0. The smallest absolute Gasteiger partial charge is 0.408 e. The van der Waals surface area contributed by atoms with Gasteiger partial charge in [-0.15, -0.1) is 0 Å². The summed E-state index contributed by atoms with van der Waals surface area (Å²) in [6.45, 7) is 9.86. The van der Waals surface area contributed by atoms with Crippen LogP contribution in [0, 0.1) is 0 Å². The van der Waals surface area contributed by atoms with Crippen molar-refractivity contribution in [3.63, 3.8) is 0 Å². The quantitative estimate of drug-likeness (QED) is 0.331. The molecule has 0 bridgehead atoms. The van der Waals surface area contributed by atoms with Crippen LogP contribution in [0.25, 0.3) is 0 Å². The fraction of sp³-hybridized carbons (Fsp3) is 0.565. The van der Waals surface area contributed by atoms with Gasteiger partial charge in [-0.25, -0.2) is 9.59 Å². The maximum Gasteiger partial charge on any atom is 0.408 e. The van der Waals surface area contributed by atoms with E-state index in [4.69, 9.17) is 19.3 Å². The standard InChI is InChI=1S/C21H31N3O8.C2H6/c1-21(2,3)32-19(28)23-10-12-30-11-9-22-18(27)16(13-17(25)26)24-20(29)31-14-15-7-5-4-6-8-15;1-2/h4-8,16H,9-14H2,1-3H3,(H,22,27)(H,23,28)(H,24,29)(H,25,26);1-2H3/t16-;/m0./s1. The highest BCUT2D eigenvalue weighted by atomic mass is 16.6. The van der Waals surface area contributed by atoms with Crippen LogP contribution >= 0.6 is 0 Å². The molecule has 1 aromatic rings. The number of carbonyl (C=O) groups excluding carboxylic acids is 3. The molecule has 1 aromatic carbocycles. The molecule has 0 aliphatic heterocycles. The number of benzene rings is 1. The van der Waals surface area contributed by atoms with E-state index in [-0.39, 0.29) is 32.9 Å². The minimum Gasteiger partial charge on any atom is -0.481 e. The molecule has 11 heteroatoms. The van der Waals surface area contributed by atoms with Crippen LogP contribution in [0.2, 0.25) is 0 Å². The predicted molar refractivity (Wildman–Crippen MR) is 125 cm³/mol. The maximum atomic E-state index is 12.2. The van der Waals surface area contributed by atoms with Crippen LogP contribution in [0.4, 0.5) is 9.59 Å².